The van der Waals surface area contributed by atoms with Crippen LogP contribution in [0.5, 0.6) is 0 Å². The van der Waals surface area contributed by atoms with Gasteiger partial charge in [-0.05, 0) is 53.8 Å². The zero-order valence-corrected chi connectivity index (χ0v) is 15.2. The summed E-state index contributed by atoms with van der Waals surface area (Å²) in [6, 6.07) is 6.62. The molecular formula is C21H21NO4. The van der Waals surface area contributed by atoms with Gasteiger partial charge in [0.2, 0.25) is 0 Å². The summed E-state index contributed by atoms with van der Waals surface area (Å²) in [6.07, 6.45) is 2.23. The molecule has 0 N–H and O–H groups in total. The van der Waals surface area contributed by atoms with Crippen molar-refractivity contribution in [2.24, 2.45) is 5.92 Å². The molecule has 2 amide bonds. The van der Waals surface area contributed by atoms with E-state index in [4.69, 9.17) is 4.74 Å². The smallest absolute Gasteiger partial charge is 0.329 e. The number of nitrogens with zero attached hydrogens (tertiary/aromatic N) is 1. The highest BCUT2D eigenvalue weighted by Gasteiger charge is 2.42. The van der Waals surface area contributed by atoms with Gasteiger partial charge in [0.1, 0.15) is 6.04 Å². The Morgan fingerprint density at radius 2 is 1.54 bits per heavy atom. The topological polar surface area (TPSA) is 63.7 Å². The van der Waals surface area contributed by atoms with Gasteiger partial charge in [-0.1, -0.05) is 26.0 Å². The second-order valence-corrected chi connectivity index (χ2v) is 7.44. The molecule has 0 radical (unpaired) electrons. The zero-order chi connectivity index (χ0) is 18.6. The number of aryl methyl sites for hydroxylation is 2. The molecular weight excluding hydrogens is 330 g/mol. The monoisotopic (exact) mass is 351 g/mol. The lowest BCUT2D eigenvalue weighted by Crippen LogP contribution is -2.51. The van der Waals surface area contributed by atoms with Crippen molar-refractivity contribution in [3.05, 3.63) is 46.5 Å². The Bertz CT molecular complexity index is 901. The molecule has 0 bridgehead atoms. The summed E-state index contributed by atoms with van der Waals surface area (Å²) in [7, 11) is 1.28. The van der Waals surface area contributed by atoms with Crippen molar-refractivity contribution < 1.29 is 19.1 Å². The summed E-state index contributed by atoms with van der Waals surface area (Å²) in [5, 5.41) is 1.79. The minimum absolute atomic E-state index is 0.132. The van der Waals surface area contributed by atoms with Gasteiger partial charge in [-0.25, -0.2) is 4.79 Å². The Hall–Kier alpha value is -2.69. The van der Waals surface area contributed by atoms with Gasteiger partial charge in [-0.2, -0.15) is 0 Å². The van der Waals surface area contributed by atoms with Crippen LogP contribution in [0.25, 0.3) is 10.8 Å². The summed E-state index contributed by atoms with van der Waals surface area (Å²) in [5.74, 6) is -1.24. The molecule has 2 aliphatic rings. The van der Waals surface area contributed by atoms with E-state index in [-0.39, 0.29) is 5.92 Å². The highest BCUT2D eigenvalue weighted by Crippen LogP contribution is 2.39. The Morgan fingerprint density at radius 1 is 1.00 bits per heavy atom. The Labute approximate surface area is 151 Å². The van der Waals surface area contributed by atoms with Crippen LogP contribution in [0, 0.1) is 5.92 Å². The molecule has 1 aliphatic heterocycles. The van der Waals surface area contributed by atoms with Crippen LogP contribution in [0.15, 0.2) is 24.3 Å². The number of amides is 2. The molecule has 1 atom stereocenters. The molecule has 26 heavy (non-hydrogen) atoms. The van der Waals surface area contributed by atoms with Gasteiger partial charge in [0.15, 0.2) is 0 Å². The molecule has 5 heteroatoms. The molecule has 0 fully saturated rings. The van der Waals surface area contributed by atoms with E-state index in [1.54, 1.807) is 12.1 Å². The largest absolute Gasteiger partial charge is 0.467 e. The van der Waals surface area contributed by atoms with Gasteiger partial charge in [0, 0.05) is 16.5 Å². The van der Waals surface area contributed by atoms with Crippen molar-refractivity contribution in [1.29, 1.82) is 0 Å². The predicted molar refractivity (Wildman–Crippen MR) is 97.1 cm³/mol. The summed E-state index contributed by atoms with van der Waals surface area (Å²) in [4.78, 5) is 39.8. The molecule has 0 aromatic heterocycles. The summed E-state index contributed by atoms with van der Waals surface area (Å²) >= 11 is 0. The number of ether oxygens (including phenoxy) is 1. The maximum atomic E-state index is 13.2. The van der Waals surface area contributed by atoms with Gasteiger partial charge >= 0.3 is 5.97 Å². The average Bonchev–Trinajstić information content (AvgIpc) is 3.04. The van der Waals surface area contributed by atoms with E-state index >= 15 is 0 Å². The SMILES string of the molecule is COC(=O)[C@@H](CC(C)C)N1C(=O)c2ccc3c4c(ccc(c24)C1=O)CC3. The standard InChI is InChI=1S/C21H21NO4/c1-11(2)10-16(21(25)26-3)22-19(23)14-8-6-12-4-5-13-7-9-15(20(22)24)18(14)17(12)13/h6-9,11,16H,4-5,10H2,1-3H3/t16-/m1/s1. The third-order valence-corrected chi connectivity index (χ3v) is 5.37. The van der Waals surface area contributed by atoms with Gasteiger partial charge in [0.25, 0.3) is 11.8 Å². The van der Waals surface area contributed by atoms with E-state index in [0.29, 0.717) is 17.5 Å². The van der Waals surface area contributed by atoms with Crippen LogP contribution in [0.2, 0.25) is 0 Å². The van der Waals surface area contributed by atoms with Gasteiger partial charge in [0.05, 0.1) is 7.11 Å². The molecule has 0 spiro atoms. The van der Waals surface area contributed by atoms with E-state index < -0.39 is 23.8 Å². The second-order valence-electron chi connectivity index (χ2n) is 7.44. The maximum Gasteiger partial charge on any atom is 0.329 e. The van der Waals surface area contributed by atoms with E-state index in [9.17, 15) is 14.4 Å². The first kappa shape index (κ1) is 16.8. The maximum absolute atomic E-state index is 13.2. The Kier molecular flexibility index (Phi) is 3.83. The van der Waals surface area contributed by atoms with Gasteiger partial charge in [-0.3, -0.25) is 14.5 Å². The minimum atomic E-state index is -0.910. The predicted octanol–water partition coefficient (Wildman–Crippen LogP) is 3.12. The number of carbonyl (C=O) groups excluding carboxylic acids is 3. The van der Waals surface area contributed by atoms with Crippen LogP contribution < -0.4 is 0 Å². The molecule has 1 aliphatic carbocycles. The fourth-order valence-electron chi connectivity index (χ4n) is 4.21. The molecule has 2 aromatic rings. The number of hydrogen-bond donors (Lipinski definition) is 0. The normalized spacial score (nSPS) is 16.5. The lowest BCUT2D eigenvalue weighted by molar-refractivity contribution is -0.145. The van der Waals surface area contributed by atoms with Crippen molar-refractivity contribution >= 4 is 28.6 Å². The summed E-state index contributed by atoms with van der Waals surface area (Å²) < 4.78 is 4.89. The fraction of sp³-hybridized carbons (Fsp3) is 0.381. The van der Waals surface area contributed by atoms with E-state index in [2.05, 4.69) is 0 Å². The fourth-order valence-corrected chi connectivity index (χ4v) is 4.21. The highest BCUT2D eigenvalue weighted by molar-refractivity contribution is 6.27. The van der Waals surface area contributed by atoms with E-state index in [0.717, 1.165) is 28.5 Å². The average molecular weight is 351 g/mol. The quantitative estimate of drug-likeness (QED) is 0.627. The van der Waals surface area contributed by atoms with Crippen LogP contribution >= 0.6 is 0 Å². The molecule has 1 heterocycles. The zero-order valence-electron chi connectivity index (χ0n) is 15.2. The van der Waals surface area contributed by atoms with Crippen molar-refractivity contribution in [3.63, 3.8) is 0 Å². The number of esters is 1. The molecule has 5 nitrogen and oxygen atoms in total. The summed E-state index contributed by atoms with van der Waals surface area (Å²) in [5.41, 5.74) is 3.36. The highest BCUT2D eigenvalue weighted by atomic mass is 16.5. The third kappa shape index (κ3) is 2.26. The van der Waals surface area contributed by atoms with Crippen LogP contribution in [0.4, 0.5) is 0 Å². The lowest BCUT2D eigenvalue weighted by atomic mass is 9.89. The molecule has 0 unspecified atom stereocenters. The van der Waals surface area contributed by atoms with Gasteiger partial charge in [-0.15, -0.1) is 0 Å². The molecule has 0 saturated carbocycles. The molecule has 0 saturated heterocycles. The second kappa shape index (κ2) is 5.94. The number of hydrogen-bond acceptors (Lipinski definition) is 4. The minimum Gasteiger partial charge on any atom is -0.467 e. The van der Waals surface area contributed by atoms with Crippen LogP contribution in [0.3, 0.4) is 0 Å². The first-order valence-electron chi connectivity index (χ1n) is 8.97. The Morgan fingerprint density at radius 3 is 2.00 bits per heavy atom. The number of benzene rings is 2. The number of carbonyl (C=O) groups is 3. The first-order chi connectivity index (χ1) is 12.4. The first-order valence-corrected chi connectivity index (χ1v) is 8.97. The summed E-state index contributed by atoms with van der Waals surface area (Å²) in [6.45, 7) is 3.90. The number of rotatable bonds is 4. The number of methoxy groups -OCH3 is 1. The Balaban J connectivity index is 1.90. The van der Waals surface area contributed by atoms with Crippen molar-refractivity contribution in [3.8, 4) is 0 Å². The third-order valence-electron chi connectivity index (χ3n) is 5.37. The van der Waals surface area contributed by atoms with Crippen LogP contribution in [-0.4, -0.2) is 35.8 Å². The van der Waals surface area contributed by atoms with E-state index in [1.807, 2.05) is 26.0 Å². The lowest BCUT2D eigenvalue weighted by Gasteiger charge is -2.33. The van der Waals surface area contributed by atoms with E-state index in [1.165, 1.54) is 18.2 Å². The van der Waals surface area contributed by atoms with Crippen molar-refractivity contribution in [2.45, 2.75) is 39.2 Å². The molecule has 4 rings (SSSR count). The molecule has 134 valence electrons. The number of imide groups is 1. The molecule has 2 aromatic carbocycles. The van der Waals surface area contributed by atoms with Gasteiger partial charge < -0.3 is 4.74 Å². The van der Waals surface area contributed by atoms with Crippen LogP contribution in [0.1, 0.15) is 52.1 Å². The van der Waals surface area contributed by atoms with Crippen molar-refractivity contribution in [1.82, 2.24) is 4.90 Å². The van der Waals surface area contributed by atoms with Crippen molar-refractivity contribution in [2.75, 3.05) is 7.11 Å². The van der Waals surface area contributed by atoms with Crippen LogP contribution in [-0.2, 0) is 22.4 Å².